The van der Waals surface area contributed by atoms with Crippen LogP contribution in [0, 0.1) is 0 Å². The average Bonchev–Trinajstić information content (AvgIpc) is 2.92. The second kappa shape index (κ2) is 5.77. The Morgan fingerprint density at radius 3 is 2.71 bits per heavy atom. The van der Waals surface area contributed by atoms with E-state index < -0.39 is 30.7 Å². The van der Waals surface area contributed by atoms with Gasteiger partial charge < -0.3 is 5.32 Å². The highest BCUT2D eigenvalue weighted by molar-refractivity contribution is 5.75. The van der Waals surface area contributed by atoms with E-state index in [1.165, 1.54) is 16.9 Å². The van der Waals surface area contributed by atoms with Gasteiger partial charge in [0.2, 0.25) is 5.91 Å². The van der Waals surface area contributed by atoms with Crippen molar-refractivity contribution in [2.24, 2.45) is 0 Å². The zero-order chi connectivity index (χ0) is 15.5. The fourth-order valence-corrected chi connectivity index (χ4v) is 1.47. The summed E-state index contributed by atoms with van der Waals surface area (Å²) in [4.78, 5) is 22.9. The van der Waals surface area contributed by atoms with Crippen molar-refractivity contribution >= 4 is 5.91 Å². The Balaban J connectivity index is 2.11. The Hall–Kier alpha value is -2.65. The van der Waals surface area contributed by atoms with Crippen LogP contribution >= 0.6 is 0 Å². The van der Waals surface area contributed by atoms with Crippen molar-refractivity contribution in [3.63, 3.8) is 0 Å². The van der Waals surface area contributed by atoms with Crippen LogP contribution in [-0.2, 0) is 11.3 Å². The topological polar surface area (TPSA) is 81.8 Å². The lowest BCUT2D eigenvalue weighted by Crippen LogP contribution is -2.38. The first-order valence-corrected chi connectivity index (χ1v) is 5.77. The number of aromatic nitrogens is 4. The van der Waals surface area contributed by atoms with E-state index in [0.717, 1.165) is 10.7 Å². The van der Waals surface area contributed by atoms with Crippen LogP contribution in [0.1, 0.15) is 0 Å². The van der Waals surface area contributed by atoms with Crippen LogP contribution in [0.15, 0.2) is 35.4 Å². The van der Waals surface area contributed by atoms with Crippen LogP contribution in [0.3, 0.4) is 0 Å². The molecule has 0 spiro atoms. The van der Waals surface area contributed by atoms with E-state index in [2.05, 4.69) is 10.2 Å². The molecular formula is C11H10F3N5O2. The molecule has 0 saturated heterocycles. The number of hydrogen-bond donors (Lipinski definition) is 1. The largest absolute Gasteiger partial charge is 0.405 e. The number of nitrogens with zero attached hydrogens (tertiary/aromatic N) is 4. The van der Waals surface area contributed by atoms with E-state index in [4.69, 9.17) is 0 Å². The fraction of sp³-hybridized carbons (Fsp3) is 0.273. The molecule has 0 saturated carbocycles. The van der Waals surface area contributed by atoms with Crippen molar-refractivity contribution in [1.82, 2.24) is 24.9 Å². The van der Waals surface area contributed by atoms with E-state index in [1.54, 1.807) is 17.6 Å². The molecule has 2 rings (SSSR count). The third-order valence-corrected chi connectivity index (χ3v) is 2.37. The highest BCUT2D eigenvalue weighted by atomic mass is 19.4. The number of rotatable bonds is 4. The van der Waals surface area contributed by atoms with E-state index >= 15 is 0 Å². The van der Waals surface area contributed by atoms with Crippen LogP contribution in [0.2, 0.25) is 0 Å². The Labute approximate surface area is 116 Å². The predicted octanol–water partition coefficient (Wildman–Crippen LogP) is 0.107. The van der Waals surface area contributed by atoms with Crippen LogP contribution < -0.4 is 10.9 Å². The molecule has 0 aliphatic rings. The molecule has 0 atom stereocenters. The quantitative estimate of drug-likeness (QED) is 0.869. The number of amides is 1. The van der Waals surface area contributed by atoms with Crippen molar-refractivity contribution in [2.75, 3.05) is 6.54 Å². The van der Waals surface area contributed by atoms with Gasteiger partial charge in [-0.05, 0) is 12.1 Å². The first-order chi connectivity index (χ1) is 9.85. The molecule has 0 bridgehead atoms. The number of nitrogens with one attached hydrogen (secondary N) is 1. The third kappa shape index (κ3) is 4.16. The standard InChI is InChI=1S/C11H10F3N5O2/c12-11(13,14)7-15-9(20)6-19-10(21)3-2-8(17-19)18-5-1-4-16-18/h1-5H,6-7H2,(H,15,20). The zero-order valence-corrected chi connectivity index (χ0v) is 10.5. The van der Waals surface area contributed by atoms with Gasteiger partial charge in [0.05, 0.1) is 0 Å². The highest BCUT2D eigenvalue weighted by Crippen LogP contribution is 2.11. The highest BCUT2D eigenvalue weighted by Gasteiger charge is 2.27. The molecule has 2 aromatic heterocycles. The lowest BCUT2D eigenvalue weighted by Gasteiger charge is -2.09. The molecule has 0 aromatic carbocycles. The molecule has 10 heteroatoms. The van der Waals surface area contributed by atoms with E-state index in [1.807, 2.05) is 0 Å². The van der Waals surface area contributed by atoms with Gasteiger partial charge in [-0.1, -0.05) is 0 Å². The van der Waals surface area contributed by atoms with E-state index in [9.17, 15) is 22.8 Å². The molecule has 7 nitrogen and oxygen atoms in total. The summed E-state index contributed by atoms with van der Waals surface area (Å²) in [5.74, 6) is -0.692. The van der Waals surface area contributed by atoms with E-state index in [0.29, 0.717) is 0 Å². The lowest BCUT2D eigenvalue weighted by atomic mass is 10.5. The Morgan fingerprint density at radius 1 is 1.33 bits per heavy atom. The summed E-state index contributed by atoms with van der Waals surface area (Å²) in [6, 6.07) is 4.17. The molecule has 0 fully saturated rings. The Morgan fingerprint density at radius 2 is 2.10 bits per heavy atom. The van der Waals surface area contributed by atoms with Gasteiger partial charge in [-0.2, -0.15) is 18.3 Å². The predicted molar refractivity (Wildman–Crippen MR) is 64.7 cm³/mol. The summed E-state index contributed by atoms with van der Waals surface area (Å²) in [5, 5.41) is 9.42. The van der Waals surface area contributed by atoms with Crippen molar-refractivity contribution in [2.45, 2.75) is 12.7 Å². The van der Waals surface area contributed by atoms with Crippen LogP contribution in [0.25, 0.3) is 5.82 Å². The number of carbonyl (C=O) groups excluding carboxylic acids is 1. The molecule has 0 aliphatic carbocycles. The first-order valence-electron chi connectivity index (χ1n) is 5.77. The van der Waals surface area contributed by atoms with Gasteiger partial charge >= 0.3 is 6.18 Å². The summed E-state index contributed by atoms with van der Waals surface area (Å²) >= 11 is 0. The van der Waals surface area contributed by atoms with Crippen molar-refractivity contribution in [3.8, 4) is 5.82 Å². The van der Waals surface area contributed by atoms with Gasteiger partial charge in [-0.25, -0.2) is 9.36 Å². The van der Waals surface area contributed by atoms with Crippen molar-refractivity contribution in [1.29, 1.82) is 0 Å². The number of carbonyl (C=O) groups is 1. The second-order valence-corrected chi connectivity index (χ2v) is 4.03. The first kappa shape index (κ1) is 14.8. The molecule has 112 valence electrons. The minimum atomic E-state index is -4.51. The van der Waals surface area contributed by atoms with Crippen molar-refractivity contribution in [3.05, 3.63) is 40.9 Å². The number of halogens is 3. The van der Waals surface area contributed by atoms with Crippen molar-refractivity contribution < 1.29 is 18.0 Å². The minimum Gasteiger partial charge on any atom is -0.345 e. The van der Waals surface area contributed by atoms with Gasteiger partial charge in [0.15, 0.2) is 5.82 Å². The average molecular weight is 301 g/mol. The molecule has 2 aromatic rings. The minimum absolute atomic E-state index is 0.267. The molecular weight excluding hydrogens is 291 g/mol. The molecule has 0 unspecified atom stereocenters. The van der Waals surface area contributed by atoms with E-state index in [-0.39, 0.29) is 5.82 Å². The maximum Gasteiger partial charge on any atom is 0.405 e. The summed E-state index contributed by atoms with van der Waals surface area (Å²) in [5.41, 5.74) is -0.604. The van der Waals surface area contributed by atoms with Gasteiger partial charge in [0.1, 0.15) is 13.1 Å². The summed E-state index contributed by atoms with van der Waals surface area (Å²) in [7, 11) is 0. The second-order valence-electron chi connectivity index (χ2n) is 4.03. The SMILES string of the molecule is O=C(Cn1nc(-n2cccn2)ccc1=O)NCC(F)(F)F. The molecule has 21 heavy (non-hydrogen) atoms. The summed E-state index contributed by atoms with van der Waals surface area (Å²) in [6.45, 7) is -2.07. The molecule has 1 amide bonds. The number of alkyl halides is 3. The molecule has 1 N–H and O–H groups in total. The monoisotopic (exact) mass is 301 g/mol. The van der Waals surface area contributed by atoms with Gasteiger partial charge in [0, 0.05) is 18.5 Å². The molecule has 0 radical (unpaired) electrons. The lowest BCUT2D eigenvalue weighted by molar-refractivity contribution is -0.138. The Kier molecular flexibility index (Phi) is 4.05. The van der Waals surface area contributed by atoms with Gasteiger partial charge in [-0.15, -0.1) is 5.10 Å². The van der Waals surface area contributed by atoms with Gasteiger partial charge in [-0.3, -0.25) is 9.59 Å². The third-order valence-electron chi connectivity index (χ3n) is 2.37. The zero-order valence-electron chi connectivity index (χ0n) is 10.5. The summed E-state index contributed by atoms with van der Waals surface area (Å²) in [6.07, 6.45) is -1.45. The van der Waals surface area contributed by atoms with Crippen LogP contribution in [-0.4, -0.2) is 38.2 Å². The maximum atomic E-state index is 12.0. The molecule has 0 aliphatic heterocycles. The van der Waals surface area contributed by atoms with Gasteiger partial charge in [0.25, 0.3) is 5.56 Å². The summed E-state index contributed by atoms with van der Waals surface area (Å²) < 4.78 is 38.0. The smallest absolute Gasteiger partial charge is 0.345 e. The molecule has 2 heterocycles. The van der Waals surface area contributed by atoms with Crippen LogP contribution in [0.5, 0.6) is 0 Å². The van der Waals surface area contributed by atoms with Crippen LogP contribution in [0.4, 0.5) is 13.2 Å². The number of hydrogen-bond acceptors (Lipinski definition) is 4. The Bertz CT molecular complexity index is 678. The normalized spacial score (nSPS) is 11.4. The maximum absolute atomic E-state index is 12.0. The fourth-order valence-electron chi connectivity index (χ4n) is 1.47.